The summed E-state index contributed by atoms with van der Waals surface area (Å²) in [4.78, 5) is 7.93. The molecule has 0 fully saturated rings. The molecule has 0 amide bonds. The molecule has 10 heavy (non-hydrogen) atoms. The lowest BCUT2D eigenvalue weighted by atomic mass is 10.2. The van der Waals surface area contributed by atoms with Gasteiger partial charge in [-0.3, -0.25) is 0 Å². The van der Waals surface area contributed by atoms with E-state index in [2.05, 4.69) is 21.9 Å². The zero-order valence-corrected chi connectivity index (χ0v) is 5.46. The Bertz CT molecular complexity index is 253. The topological polar surface area (TPSA) is 37.8 Å². The first-order chi connectivity index (χ1) is 4.86. The summed E-state index contributed by atoms with van der Waals surface area (Å²) < 4.78 is 0. The summed E-state index contributed by atoms with van der Waals surface area (Å²) in [6.07, 6.45) is 4.20. The van der Waals surface area contributed by atoms with Gasteiger partial charge >= 0.3 is 0 Å². The molecule has 0 radical (unpaired) electrons. The highest BCUT2D eigenvalue weighted by Crippen LogP contribution is 2.22. The number of hydrogen-bond acceptors (Lipinski definition) is 3. The van der Waals surface area contributed by atoms with E-state index in [1.165, 1.54) is 6.33 Å². The van der Waals surface area contributed by atoms with Crippen molar-refractivity contribution in [3.05, 3.63) is 30.4 Å². The van der Waals surface area contributed by atoms with E-state index in [4.69, 9.17) is 0 Å². The predicted octanol–water partition coefficient (Wildman–Crippen LogP) is 0.958. The van der Waals surface area contributed by atoms with Crippen LogP contribution in [0.25, 0.3) is 0 Å². The molecule has 0 aliphatic carbocycles. The van der Waals surface area contributed by atoms with E-state index in [-0.39, 0.29) is 0 Å². The minimum Gasteiger partial charge on any atom is -0.344 e. The fraction of sp³-hybridized carbons (Fsp3) is 0.143. The summed E-state index contributed by atoms with van der Waals surface area (Å²) in [5.41, 5.74) is 2.13. The van der Waals surface area contributed by atoms with E-state index in [0.717, 1.165) is 23.5 Å². The molecule has 1 N–H and O–H groups in total. The van der Waals surface area contributed by atoms with Gasteiger partial charge in [-0.15, -0.1) is 0 Å². The molecule has 0 spiro atoms. The Morgan fingerprint density at radius 2 is 2.50 bits per heavy atom. The van der Waals surface area contributed by atoms with Crippen molar-refractivity contribution in [1.82, 2.24) is 9.97 Å². The maximum atomic E-state index is 4.03. The lowest BCUT2D eigenvalue weighted by Gasteiger charge is -1.93. The Kier molecular flexibility index (Phi) is 0.974. The summed E-state index contributed by atoms with van der Waals surface area (Å²) in [7, 11) is 0. The monoisotopic (exact) mass is 133 g/mol. The highest BCUT2D eigenvalue weighted by Gasteiger charge is 2.12. The number of fused-ring (bicyclic) bond motifs is 1. The van der Waals surface area contributed by atoms with Gasteiger partial charge in [0.1, 0.15) is 12.1 Å². The highest BCUT2D eigenvalue weighted by molar-refractivity contribution is 5.54. The molecule has 0 aromatic carbocycles. The molecule has 3 nitrogen and oxygen atoms in total. The van der Waals surface area contributed by atoms with E-state index >= 15 is 0 Å². The number of rotatable bonds is 0. The standard InChI is InChI=1S/C7H7N3/c1-5-2-6-3-8-4-9-7(6)10-5/h3-4H,1-2H2,(H,8,9,10). The van der Waals surface area contributed by atoms with Gasteiger partial charge in [-0.05, 0) is 0 Å². The molecule has 0 bridgehead atoms. The van der Waals surface area contributed by atoms with Crippen LogP contribution in [-0.2, 0) is 6.42 Å². The molecule has 1 aromatic heterocycles. The summed E-state index contributed by atoms with van der Waals surface area (Å²) in [5.74, 6) is 0.903. The first kappa shape index (κ1) is 5.41. The van der Waals surface area contributed by atoms with Crippen molar-refractivity contribution in [1.29, 1.82) is 0 Å². The molecule has 50 valence electrons. The van der Waals surface area contributed by atoms with E-state index < -0.39 is 0 Å². The predicted molar refractivity (Wildman–Crippen MR) is 38.5 cm³/mol. The van der Waals surface area contributed by atoms with Crippen molar-refractivity contribution >= 4 is 5.82 Å². The number of nitrogens with zero attached hydrogens (tertiary/aromatic N) is 2. The van der Waals surface area contributed by atoms with Gasteiger partial charge in [0.2, 0.25) is 0 Å². The zero-order valence-electron chi connectivity index (χ0n) is 5.46. The summed E-state index contributed by atoms with van der Waals surface area (Å²) in [6, 6.07) is 0. The number of aromatic nitrogens is 2. The largest absolute Gasteiger partial charge is 0.344 e. The summed E-state index contributed by atoms with van der Waals surface area (Å²) >= 11 is 0. The van der Waals surface area contributed by atoms with Gasteiger partial charge in [-0.1, -0.05) is 6.58 Å². The quantitative estimate of drug-likeness (QED) is 0.572. The van der Waals surface area contributed by atoms with Crippen LogP contribution < -0.4 is 5.32 Å². The summed E-state index contributed by atoms with van der Waals surface area (Å²) in [5, 5.41) is 3.05. The Hall–Kier alpha value is -1.38. The van der Waals surface area contributed by atoms with Gasteiger partial charge in [0, 0.05) is 23.9 Å². The first-order valence-electron chi connectivity index (χ1n) is 3.10. The van der Waals surface area contributed by atoms with Crippen LogP contribution in [0.15, 0.2) is 24.8 Å². The third-order valence-electron chi connectivity index (χ3n) is 1.49. The fourth-order valence-corrected chi connectivity index (χ4v) is 1.04. The van der Waals surface area contributed by atoms with Crippen molar-refractivity contribution in [3.8, 4) is 0 Å². The molecule has 3 heteroatoms. The normalized spacial score (nSPS) is 14.6. The van der Waals surface area contributed by atoms with Crippen LogP contribution in [-0.4, -0.2) is 9.97 Å². The lowest BCUT2D eigenvalue weighted by Crippen LogP contribution is -1.89. The van der Waals surface area contributed by atoms with Crippen molar-refractivity contribution < 1.29 is 0 Å². The molecule has 2 rings (SSSR count). The highest BCUT2D eigenvalue weighted by atomic mass is 15.0. The van der Waals surface area contributed by atoms with Crippen molar-refractivity contribution in [2.24, 2.45) is 0 Å². The Morgan fingerprint density at radius 1 is 1.60 bits per heavy atom. The fourth-order valence-electron chi connectivity index (χ4n) is 1.04. The second-order valence-corrected chi connectivity index (χ2v) is 2.30. The molecule has 0 saturated carbocycles. The van der Waals surface area contributed by atoms with Gasteiger partial charge in [0.05, 0.1) is 0 Å². The molecule has 1 aliphatic heterocycles. The minimum atomic E-state index is 0.857. The molecule has 0 saturated heterocycles. The maximum absolute atomic E-state index is 4.03. The molecule has 0 atom stereocenters. The van der Waals surface area contributed by atoms with Crippen LogP contribution in [0.4, 0.5) is 5.82 Å². The molecule has 1 aliphatic rings. The number of anilines is 1. The molecular weight excluding hydrogens is 126 g/mol. The minimum absolute atomic E-state index is 0.857. The Labute approximate surface area is 58.8 Å². The molecule has 2 heterocycles. The van der Waals surface area contributed by atoms with Gasteiger partial charge in [-0.25, -0.2) is 9.97 Å². The second-order valence-electron chi connectivity index (χ2n) is 2.30. The van der Waals surface area contributed by atoms with Crippen LogP contribution in [0.3, 0.4) is 0 Å². The SMILES string of the molecule is C=C1Cc2cncnc2N1. The molecule has 1 aromatic rings. The number of allylic oxidation sites excluding steroid dienone is 1. The van der Waals surface area contributed by atoms with Gasteiger partial charge in [-0.2, -0.15) is 0 Å². The van der Waals surface area contributed by atoms with Crippen LogP contribution >= 0.6 is 0 Å². The molecule has 0 unspecified atom stereocenters. The van der Waals surface area contributed by atoms with E-state index in [0.29, 0.717) is 0 Å². The van der Waals surface area contributed by atoms with Gasteiger partial charge < -0.3 is 5.32 Å². The molecular formula is C7H7N3. The van der Waals surface area contributed by atoms with Crippen molar-refractivity contribution in [2.45, 2.75) is 6.42 Å². The average molecular weight is 133 g/mol. The first-order valence-corrected chi connectivity index (χ1v) is 3.10. The van der Waals surface area contributed by atoms with E-state index in [1.807, 2.05) is 6.20 Å². The smallest absolute Gasteiger partial charge is 0.137 e. The average Bonchev–Trinajstić information content (AvgIpc) is 2.27. The van der Waals surface area contributed by atoms with Crippen LogP contribution in [0.1, 0.15) is 5.56 Å². The third kappa shape index (κ3) is 0.673. The van der Waals surface area contributed by atoms with Crippen molar-refractivity contribution in [2.75, 3.05) is 5.32 Å². The third-order valence-corrected chi connectivity index (χ3v) is 1.49. The zero-order chi connectivity index (χ0) is 6.97. The van der Waals surface area contributed by atoms with Crippen LogP contribution in [0, 0.1) is 0 Å². The van der Waals surface area contributed by atoms with E-state index in [1.54, 1.807) is 0 Å². The maximum Gasteiger partial charge on any atom is 0.137 e. The Morgan fingerprint density at radius 3 is 3.30 bits per heavy atom. The van der Waals surface area contributed by atoms with Crippen molar-refractivity contribution in [3.63, 3.8) is 0 Å². The second kappa shape index (κ2) is 1.80. The van der Waals surface area contributed by atoms with Crippen LogP contribution in [0.2, 0.25) is 0 Å². The Balaban J connectivity index is 2.51. The van der Waals surface area contributed by atoms with E-state index in [9.17, 15) is 0 Å². The van der Waals surface area contributed by atoms with Crippen LogP contribution in [0.5, 0.6) is 0 Å². The van der Waals surface area contributed by atoms with Gasteiger partial charge in [0.15, 0.2) is 0 Å². The number of hydrogen-bond donors (Lipinski definition) is 1. The summed E-state index contributed by atoms with van der Waals surface area (Å²) in [6.45, 7) is 3.79. The number of nitrogens with one attached hydrogen (secondary N) is 1. The lowest BCUT2D eigenvalue weighted by molar-refractivity contribution is 1.14. The van der Waals surface area contributed by atoms with Gasteiger partial charge in [0.25, 0.3) is 0 Å².